The molecule has 2 atom stereocenters. The van der Waals surface area contributed by atoms with E-state index in [-0.39, 0.29) is 35.3 Å². The normalized spacial score (nSPS) is 15.4. The third-order valence-corrected chi connectivity index (χ3v) is 9.78. The van der Waals surface area contributed by atoms with Crippen LogP contribution in [0, 0.1) is 0 Å². The lowest BCUT2D eigenvalue weighted by Crippen LogP contribution is -2.40. The van der Waals surface area contributed by atoms with E-state index in [2.05, 4.69) is 17.2 Å². The van der Waals surface area contributed by atoms with Crippen molar-refractivity contribution in [3.63, 3.8) is 0 Å². The van der Waals surface area contributed by atoms with Gasteiger partial charge in [0.2, 0.25) is 0 Å². The summed E-state index contributed by atoms with van der Waals surface area (Å²) in [6, 6.07) is 12.1. The SMILES string of the molecule is CCCCCCCCCCCCCCCCNC(=O)OC[C@@H]1C[C@@H](COC(=O)N(Cc2ccccn2)C(=O)c2ccccc2OC)S1. The summed E-state index contributed by atoms with van der Waals surface area (Å²) in [6.07, 6.45) is 19.5. The Balaban J connectivity index is 1.23. The van der Waals surface area contributed by atoms with Crippen molar-refractivity contribution in [3.05, 3.63) is 59.9 Å². The number of benzene rings is 1. The number of nitrogens with zero attached hydrogens (tertiary/aromatic N) is 2. The summed E-state index contributed by atoms with van der Waals surface area (Å²) in [5, 5.41) is 3.09. The van der Waals surface area contributed by atoms with Gasteiger partial charge in [-0.15, -0.1) is 11.8 Å². The monoisotopic (exact) mass is 669 g/mol. The highest BCUT2D eigenvalue weighted by atomic mass is 32.2. The number of pyridine rings is 1. The predicted molar refractivity (Wildman–Crippen MR) is 188 cm³/mol. The second kappa shape index (κ2) is 23.1. The summed E-state index contributed by atoms with van der Waals surface area (Å²) in [5.41, 5.74) is 0.825. The first-order valence-electron chi connectivity index (χ1n) is 17.6. The van der Waals surface area contributed by atoms with Gasteiger partial charge in [-0.2, -0.15) is 0 Å². The molecule has 0 radical (unpaired) electrons. The molecule has 9 nitrogen and oxygen atoms in total. The Kier molecular flexibility index (Phi) is 18.8. The van der Waals surface area contributed by atoms with Crippen molar-refractivity contribution in [2.45, 2.75) is 120 Å². The highest BCUT2D eigenvalue weighted by Gasteiger charge is 2.34. The summed E-state index contributed by atoms with van der Waals surface area (Å²) >= 11 is 1.62. The van der Waals surface area contributed by atoms with Crippen LogP contribution in [0.3, 0.4) is 0 Å². The first-order valence-corrected chi connectivity index (χ1v) is 18.5. The molecule has 2 heterocycles. The fourth-order valence-corrected chi connectivity index (χ4v) is 6.75. The molecule has 1 aromatic heterocycles. The van der Waals surface area contributed by atoms with E-state index in [0.29, 0.717) is 24.6 Å². The van der Waals surface area contributed by atoms with E-state index in [0.717, 1.165) is 24.2 Å². The van der Waals surface area contributed by atoms with Crippen molar-refractivity contribution in [3.8, 4) is 5.75 Å². The van der Waals surface area contributed by atoms with Gasteiger partial charge in [0.15, 0.2) is 0 Å². The van der Waals surface area contributed by atoms with Gasteiger partial charge in [0, 0.05) is 23.2 Å². The topological polar surface area (TPSA) is 107 Å². The molecule has 0 unspecified atom stereocenters. The zero-order chi connectivity index (χ0) is 33.5. The van der Waals surface area contributed by atoms with Crippen LogP contribution in [0.4, 0.5) is 9.59 Å². The smallest absolute Gasteiger partial charge is 0.417 e. The van der Waals surface area contributed by atoms with Crippen molar-refractivity contribution in [2.24, 2.45) is 0 Å². The highest BCUT2D eigenvalue weighted by Crippen LogP contribution is 2.37. The van der Waals surface area contributed by atoms with Gasteiger partial charge in [0.25, 0.3) is 5.91 Å². The Labute approximate surface area is 285 Å². The summed E-state index contributed by atoms with van der Waals surface area (Å²) in [7, 11) is 1.48. The number of imide groups is 1. The molecule has 1 fully saturated rings. The van der Waals surface area contributed by atoms with Crippen LogP contribution in [0.1, 0.15) is 119 Å². The molecule has 47 heavy (non-hydrogen) atoms. The van der Waals surface area contributed by atoms with Crippen LogP contribution < -0.4 is 10.1 Å². The maximum absolute atomic E-state index is 13.4. The van der Waals surface area contributed by atoms with E-state index in [1.807, 2.05) is 0 Å². The van der Waals surface area contributed by atoms with Crippen LogP contribution in [-0.2, 0) is 16.0 Å². The number of thioether (sulfide) groups is 1. The molecule has 1 N–H and O–H groups in total. The first kappa shape index (κ1) is 38.2. The van der Waals surface area contributed by atoms with E-state index >= 15 is 0 Å². The molecule has 0 aliphatic carbocycles. The Morgan fingerprint density at radius 3 is 1.98 bits per heavy atom. The molecule has 1 aromatic carbocycles. The van der Waals surface area contributed by atoms with Crippen LogP contribution in [0.25, 0.3) is 0 Å². The Morgan fingerprint density at radius 2 is 1.38 bits per heavy atom. The molecule has 3 rings (SSSR count). The predicted octanol–water partition coefficient (Wildman–Crippen LogP) is 8.95. The molecule has 10 heteroatoms. The van der Waals surface area contributed by atoms with Crippen LogP contribution in [0.5, 0.6) is 5.75 Å². The zero-order valence-electron chi connectivity index (χ0n) is 28.5. The molecule has 0 saturated carbocycles. The number of alkyl carbamates (subject to hydrolysis) is 1. The van der Waals surface area contributed by atoms with E-state index in [1.54, 1.807) is 60.4 Å². The molecule has 1 saturated heterocycles. The third kappa shape index (κ3) is 15.0. The number of amides is 3. The van der Waals surface area contributed by atoms with Gasteiger partial charge < -0.3 is 19.5 Å². The number of rotatable bonds is 23. The standard InChI is InChI=1S/C37H55N3O6S/c1-3-4-5-6-7-8-9-10-11-12-13-14-15-19-25-39-36(42)45-28-31-26-32(47-31)29-46-37(43)40(27-30-21-18-20-24-38-30)35(41)33-22-16-17-23-34(33)44-2/h16-18,20-24,31-32H,3-15,19,25-29H2,1-2H3,(H,39,42)/t31-,32-/m0/s1. The summed E-state index contributed by atoms with van der Waals surface area (Å²) in [5.74, 6) is -0.150. The molecule has 3 amide bonds. The van der Waals surface area contributed by atoms with Gasteiger partial charge in [-0.25, -0.2) is 14.5 Å². The second-order valence-electron chi connectivity index (χ2n) is 12.2. The fraction of sp³-hybridized carbons (Fsp3) is 0.622. The van der Waals surface area contributed by atoms with Crippen molar-refractivity contribution in [1.82, 2.24) is 15.2 Å². The van der Waals surface area contributed by atoms with E-state index in [1.165, 1.54) is 84.2 Å². The second-order valence-corrected chi connectivity index (χ2v) is 13.8. The number of carbonyl (C=O) groups excluding carboxylic acids is 3. The molecule has 2 aromatic rings. The Morgan fingerprint density at radius 1 is 0.809 bits per heavy atom. The summed E-state index contributed by atoms with van der Waals surface area (Å²) < 4.78 is 16.3. The average molecular weight is 670 g/mol. The van der Waals surface area contributed by atoms with Crippen LogP contribution in [0.2, 0.25) is 0 Å². The number of ether oxygens (including phenoxy) is 3. The number of aromatic nitrogens is 1. The summed E-state index contributed by atoms with van der Waals surface area (Å²) in [6.45, 7) is 3.34. The van der Waals surface area contributed by atoms with Gasteiger partial charge >= 0.3 is 12.2 Å². The van der Waals surface area contributed by atoms with Crippen molar-refractivity contribution >= 4 is 29.9 Å². The maximum atomic E-state index is 13.4. The largest absolute Gasteiger partial charge is 0.496 e. The minimum Gasteiger partial charge on any atom is -0.496 e. The molecule has 1 aliphatic heterocycles. The Hall–Kier alpha value is -3.27. The lowest BCUT2D eigenvalue weighted by molar-refractivity contribution is 0.0635. The lowest BCUT2D eigenvalue weighted by atomic mass is 10.0. The number of unbranched alkanes of at least 4 members (excludes halogenated alkanes) is 13. The molecule has 0 spiro atoms. The van der Waals surface area contributed by atoms with Crippen LogP contribution in [-0.4, -0.2) is 65.3 Å². The number of carbonyl (C=O) groups is 3. The van der Waals surface area contributed by atoms with Gasteiger partial charge in [-0.05, 0) is 37.1 Å². The summed E-state index contributed by atoms with van der Waals surface area (Å²) in [4.78, 5) is 43.9. The van der Waals surface area contributed by atoms with Crippen LogP contribution in [0.15, 0.2) is 48.7 Å². The Bertz CT molecular complexity index is 1180. The van der Waals surface area contributed by atoms with Gasteiger partial charge in [0.05, 0.1) is 24.9 Å². The van der Waals surface area contributed by atoms with Gasteiger partial charge in [-0.3, -0.25) is 9.78 Å². The fourth-order valence-electron chi connectivity index (χ4n) is 5.58. The van der Waals surface area contributed by atoms with Gasteiger partial charge in [0.1, 0.15) is 19.0 Å². The third-order valence-electron chi connectivity index (χ3n) is 8.35. The van der Waals surface area contributed by atoms with Crippen LogP contribution >= 0.6 is 11.8 Å². The average Bonchev–Trinajstić information content (AvgIpc) is 3.08. The number of para-hydroxylation sites is 1. The van der Waals surface area contributed by atoms with E-state index < -0.39 is 12.0 Å². The minimum atomic E-state index is -0.741. The maximum Gasteiger partial charge on any atom is 0.417 e. The highest BCUT2D eigenvalue weighted by molar-refractivity contribution is 8.01. The molecule has 1 aliphatic rings. The quantitative estimate of drug-likeness (QED) is 0.117. The zero-order valence-corrected chi connectivity index (χ0v) is 29.3. The lowest BCUT2D eigenvalue weighted by Gasteiger charge is -2.34. The first-order chi connectivity index (χ1) is 23.0. The molecular formula is C37H55N3O6S. The number of hydrogen-bond acceptors (Lipinski definition) is 8. The molecule has 0 bridgehead atoms. The van der Waals surface area contributed by atoms with E-state index in [9.17, 15) is 14.4 Å². The van der Waals surface area contributed by atoms with Crippen molar-refractivity contribution in [1.29, 1.82) is 0 Å². The van der Waals surface area contributed by atoms with Gasteiger partial charge in [-0.1, -0.05) is 109 Å². The molecular weight excluding hydrogens is 614 g/mol. The van der Waals surface area contributed by atoms with Crippen molar-refractivity contribution in [2.75, 3.05) is 26.9 Å². The van der Waals surface area contributed by atoms with E-state index in [4.69, 9.17) is 14.2 Å². The minimum absolute atomic E-state index is 0.0285. The number of methoxy groups -OCH3 is 1. The van der Waals surface area contributed by atoms with Crippen molar-refractivity contribution < 1.29 is 28.6 Å². The number of hydrogen-bond donors (Lipinski definition) is 1. The molecule has 260 valence electrons. The number of nitrogens with one attached hydrogen (secondary N) is 1.